The lowest BCUT2D eigenvalue weighted by atomic mass is 10.1. The van der Waals surface area contributed by atoms with Crippen LogP contribution >= 0.6 is 0 Å². The second kappa shape index (κ2) is 4.67. The molecule has 1 aliphatic heterocycles. The van der Waals surface area contributed by atoms with Crippen molar-refractivity contribution in [2.75, 3.05) is 6.61 Å². The lowest BCUT2D eigenvalue weighted by Gasteiger charge is -2.10. The molecule has 0 bridgehead atoms. The van der Waals surface area contributed by atoms with Gasteiger partial charge in [0.1, 0.15) is 5.82 Å². The first-order valence-electron chi connectivity index (χ1n) is 6.74. The SMILES string of the molecule is CCn1c(C2COC(C)C2)nc2cc(C#N)ccc21. The standard InChI is InChI=1S/C15H17N3O/c1-3-18-14-5-4-11(8-16)7-13(14)17-15(18)12-6-10(2)19-9-12/h4-5,7,10,12H,3,6,9H2,1-2H3. The summed E-state index contributed by atoms with van der Waals surface area (Å²) in [6.07, 6.45) is 1.33. The smallest absolute Gasteiger partial charge is 0.115 e. The van der Waals surface area contributed by atoms with Crippen LogP contribution in [0.2, 0.25) is 0 Å². The maximum Gasteiger partial charge on any atom is 0.115 e. The van der Waals surface area contributed by atoms with Gasteiger partial charge in [-0.15, -0.1) is 0 Å². The van der Waals surface area contributed by atoms with Crippen LogP contribution in [0.15, 0.2) is 18.2 Å². The summed E-state index contributed by atoms with van der Waals surface area (Å²) >= 11 is 0. The molecule has 0 radical (unpaired) electrons. The highest BCUT2D eigenvalue weighted by molar-refractivity contribution is 5.78. The van der Waals surface area contributed by atoms with Crippen molar-refractivity contribution in [3.63, 3.8) is 0 Å². The number of ether oxygens (including phenoxy) is 1. The van der Waals surface area contributed by atoms with Gasteiger partial charge >= 0.3 is 0 Å². The molecule has 0 amide bonds. The zero-order chi connectivity index (χ0) is 13.4. The molecule has 1 aromatic heterocycles. The van der Waals surface area contributed by atoms with Crippen LogP contribution in [0.1, 0.15) is 37.6 Å². The Hall–Kier alpha value is -1.86. The van der Waals surface area contributed by atoms with E-state index in [-0.39, 0.29) is 0 Å². The van der Waals surface area contributed by atoms with Gasteiger partial charge in [0, 0.05) is 12.5 Å². The molecule has 2 heterocycles. The van der Waals surface area contributed by atoms with E-state index in [1.807, 2.05) is 18.2 Å². The van der Waals surface area contributed by atoms with Crippen molar-refractivity contribution in [2.45, 2.75) is 38.8 Å². The van der Waals surface area contributed by atoms with Gasteiger partial charge < -0.3 is 9.30 Å². The minimum atomic E-state index is 0.310. The third kappa shape index (κ3) is 2.00. The van der Waals surface area contributed by atoms with Gasteiger partial charge in [-0.05, 0) is 38.5 Å². The number of aromatic nitrogens is 2. The van der Waals surface area contributed by atoms with Crippen molar-refractivity contribution in [1.29, 1.82) is 5.26 Å². The third-order valence-electron chi connectivity index (χ3n) is 3.79. The maximum absolute atomic E-state index is 8.97. The quantitative estimate of drug-likeness (QED) is 0.829. The second-order valence-corrected chi connectivity index (χ2v) is 5.11. The number of hydrogen-bond donors (Lipinski definition) is 0. The van der Waals surface area contributed by atoms with Crippen LogP contribution in [-0.4, -0.2) is 22.3 Å². The highest BCUT2D eigenvalue weighted by Crippen LogP contribution is 2.31. The number of nitrogens with zero attached hydrogens (tertiary/aromatic N) is 3. The average molecular weight is 255 g/mol. The van der Waals surface area contributed by atoms with E-state index >= 15 is 0 Å². The fourth-order valence-corrected chi connectivity index (χ4v) is 2.86. The maximum atomic E-state index is 8.97. The molecule has 0 N–H and O–H groups in total. The Morgan fingerprint density at radius 2 is 2.37 bits per heavy atom. The van der Waals surface area contributed by atoms with Gasteiger partial charge in [0.05, 0.1) is 35.4 Å². The number of rotatable bonds is 2. The van der Waals surface area contributed by atoms with E-state index in [2.05, 4.69) is 24.5 Å². The number of imidazole rings is 1. The summed E-state index contributed by atoms with van der Waals surface area (Å²) in [4.78, 5) is 4.74. The third-order valence-corrected chi connectivity index (χ3v) is 3.79. The fraction of sp³-hybridized carbons (Fsp3) is 0.467. The molecular weight excluding hydrogens is 238 g/mol. The number of aryl methyl sites for hydroxylation is 1. The van der Waals surface area contributed by atoms with Gasteiger partial charge in [0.2, 0.25) is 0 Å². The van der Waals surface area contributed by atoms with E-state index in [0.29, 0.717) is 17.6 Å². The van der Waals surface area contributed by atoms with Gasteiger partial charge in [-0.25, -0.2) is 4.98 Å². The van der Waals surface area contributed by atoms with Gasteiger partial charge in [-0.2, -0.15) is 5.26 Å². The number of benzene rings is 1. The molecule has 0 aliphatic carbocycles. The van der Waals surface area contributed by atoms with Crippen molar-refractivity contribution in [3.05, 3.63) is 29.6 Å². The van der Waals surface area contributed by atoms with Crippen molar-refractivity contribution >= 4 is 11.0 Å². The minimum Gasteiger partial charge on any atom is -0.378 e. The van der Waals surface area contributed by atoms with E-state index in [0.717, 1.165) is 36.4 Å². The molecule has 2 unspecified atom stereocenters. The second-order valence-electron chi connectivity index (χ2n) is 5.11. The van der Waals surface area contributed by atoms with Crippen LogP contribution in [0.25, 0.3) is 11.0 Å². The largest absolute Gasteiger partial charge is 0.378 e. The van der Waals surface area contributed by atoms with Crippen LogP contribution in [0.4, 0.5) is 0 Å². The summed E-state index contributed by atoms with van der Waals surface area (Å²) in [5.41, 5.74) is 2.68. The molecule has 4 nitrogen and oxygen atoms in total. The zero-order valence-electron chi connectivity index (χ0n) is 11.3. The van der Waals surface area contributed by atoms with Gasteiger partial charge in [-0.1, -0.05) is 0 Å². The van der Waals surface area contributed by atoms with Crippen molar-refractivity contribution in [1.82, 2.24) is 9.55 Å². The fourth-order valence-electron chi connectivity index (χ4n) is 2.86. The Balaban J connectivity index is 2.11. The predicted octanol–water partition coefficient (Wildman–Crippen LogP) is 2.82. The predicted molar refractivity (Wildman–Crippen MR) is 72.9 cm³/mol. The van der Waals surface area contributed by atoms with E-state index in [4.69, 9.17) is 15.0 Å². The number of hydrogen-bond acceptors (Lipinski definition) is 3. The highest BCUT2D eigenvalue weighted by Gasteiger charge is 2.28. The monoisotopic (exact) mass is 255 g/mol. The van der Waals surface area contributed by atoms with Crippen molar-refractivity contribution < 1.29 is 4.74 Å². The topological polar surface area (TPSA) is 50.8 Å². The molecule has 3 rings (SSSR count). The zero-order valence-corrected chi connectivity index (χ0v) is 11.3. The molecule has 4 heteroatoms. The lowest BCUT2D eigenvalue weighted by Crippen LogP contribution is -2.08. The van der Waals surface area contributed by atoms with Gasteiger partial charge in [0.25, 0.3) is 0 Å². The van der Waals surface area contributed by atoms with Crippen LogP contribution in [0.3, 0.4) is 0 Å². The summed E-state index contributed by atoms with van der Waals surface area (Å²) < 4.78 is 7.89. The van der Waals surface area contributed by atoms with E-state index in [1.54, 1.807) is 0 Å². The summed E-state index contributed by atoms with van der Waals surface area (Å²) in [6.45, 7) is 5.87. The summed E-state index contributed by atoms with van der Waals surface area (Å²) in [7, 11) is 0. The molecule has 1 aromatic carbocycles. The molecule has 1 aliphatic rings. The van der Waals surface area contributed by atoms with Crippen LogP contribution in [-0.2, 0) is 11.3 Å². The summed E-state index contributed by atoms with van der Waals surface area (Å²) in [5.74, 6) is 1.46. The first-order valence-corrected chi connectivity index (χ1v) is 6.74. The summed E-state index contributed by atoms with van der Waals surface area (Å²) in [6, 6.07) is 7.88. The first-order chi connectivity index (χ1) is 9.22. The lowest BCUT2D eigenvalue weighted by molar-refractivity contribution is 0.123. The molecular formula is C15H17N3O. The number of fused-ring (bicyclic) bond motifs is 1. The molecule has 1 fully saturated rings. The Bertz CT molecular complexity index is 653. The van der Waals surface area contributed by atoms with E-state index < -0.39 is 0 Å². The normalized spacial score (nSPS) is 22.8. The van der Waals surface area contributed by atoms with Gasteiger partial charge in [-0.3, -0.25) is 0 Å². The first kappa shape index (κ1) is 12.2. The van der Waals surface area contributed by atoms with Crippen molar-refractivity contribution in [2.24, 2.45) is 0 Å². The molecule has 98 valence electrons. The van der Waals surface area contributed by atoms with Crippen LogP contribution < -0.4 is 0 Å². The Kier molecular flexibility index (Phi) is 3.00. The average Bonchev–Trinajstić information content (AvgIpc) is 3.00. The Morgan fingerprint density at radius 1 is 1.53 bits per heavy atom. The van der Waals surface area contributed by atoms with Crippen LogP contribution in [0.5, 0.6) is 0 Å². The highest BCUT2D eigenvalue weighted by atomic mass is 16.5. The van der Waals surface area contributed by atoms with Gasteiger partial charge in [0.15, 0.2) is 0 Å². The molecule has 1 saturated heterocycles. The Labute approximate surface area is 112 Å². The molecule has 0 spiro atoms. The molecule has 2 atom stereocenters. The number of nitriles is 1. The molecule has 2 aromatic rings. The van der Waals surface area contributed by atoms with Crippen LogP contribution in [0, 0.1) is 11.3 Å². The summed E-state index contributed by atoms with van der Waals surface area (Å²) in [5, 5.41) is 8.97. The molecule has 19 heavy (non-hydrogen) atoms. The minimum absolute atomic E-state index is 0.310. The Morgan fingerprint density at radius 3 is 3.00 bits per heavy atom. The van der Waals surface area contributed by atoms with E-state index in [9.17, 15) is 0 Å². The van der Waals surface area contributed by atoms with E-state index in [1.165, 1.54) is 0 Å². The van der Waals surface area contributed by atoms with Crippen molar-refractivity contribution in [3.8, 4) is 6.07 Å². The molecule has 0 saturated carbocycles.